The van der Waals surface area contributed by atoms with Crippen molar-refractivity contribution in [2.24, 2.45) is 13.0 Å². The van der Waals surface area contributed by atoms with E-state index in [1.807, 2.05) is 11.7 Å². The number of carbonyl (C=O) groups is 1. The van der Waals surface area contributed by atoms with Gasteiger partial charge in [0, 0.05) is 70.8 Å². The largest absolute Gasteiger partial charge is 0.381 e. The molecule has 1 aromatic rings. The van der Waals surface area contributed by atoms with Crippen LogP contribution in [0.15, 0.2) is 6.20 Å². The average molecular weight is 402 g/mol. The van der Waals surface area contributed by atoms with Crippen molar-refractivity contribution in [1.29, 1.82) is 0 Å². The molecule has 0 unspecified atom stereocenters. The van der Waals surface area contributed by atoms with E-state index in [1.54, 1.807) is 0 Å². The first-order chi connectivity index (χ1) is 14.0. The molecule has 5 rings (SSSR count). The highest BCUT2D eigenvalue weighted by Crippen LogP contribution is 2.41. The van der Waals surface area contributed by atoms with Gasteiger partial charge in [-0.05, 0) is 51.4 Å². The van der Waals surface area contributed by atoms with Crippen LogP contribution in [0, 0.1) is 12.8 Å². The van der Waals surface area contributed by atoms with Gasteiger partial charge in [0.1, 0.15) is 0 Å². The number of urea groups is 1. The van der Waals surface area contributed by atoms with Gasteiger partial charge in [-0.25, -0.2) is 4.79 Å². The van der Waals surface area contributed by atoms with Crippen LogP contribution in [0.25, 0.3) is 0 Å². The fourth-order valence-electron chi connectivity index (χ4n) is 5.68. The van der Waals surface area contributed by atoms with Crippen LogP contribution in [0.5, 0.6) is 0 Å². The van der Waals surface area contributed by atoms with Gasteiger partial charge >= 0.3 is 6.03 Å². The maximum Gasteiger partial charge on any atom is 0.320 e. The number of aromatic nitrogens is 2. The van der Waals surface area contributed by atoms with Gasteiger partial charge in [0.25, 0.3) is 0 Å². The Bertz CT molecular complexity index is 744. The minimum Gasteiger partial charge on any atom is -0.381 e. The molecule has 0 N–H and O–H groups in total. The zero-order chi connectivity index (χ0) is 20.0. The molecule has 7 heteroatoms. The van der Waals surface area contributed by atoms with Crippen molar-refractivity contribution in [3.63, 3.8) is 0 Å². The summed E-state index contributed by atoms with van der Waals surface area (Å²) in [5.74, 6) is 0.750. The van der Waals surface area contributed by atoms with Gasteiger partial charge in [-0.15, -0.1) is 0 Å². The molecule has 1 spiro atoms. The summed E-state index contributed by atoms with van der Waals surface area (Å²) in [7, 11) is 1.99. The molecule has 1 aliphatic carbocycles. The van der Waals surface area contributed by atoms with Gasteiger partial charge in [0.15, 0.2) is 0 Å². The van der Waals surface area contributed by atoms with Crippen LogP contribution in [0.3, 0.4) is 0 Å². The van der Waals surface area contributed by atoms with E-state index in [2.05, 4.69) is 32.9 Å². The van der Waals surface area contributed by atoms with Gasteiger partial charge < -0.3 is 14.5 Å². The smallest absolute Gasteiger partial charge is 0.320 e. The summed E-state index contributed by atoms with van der Waals surface area (Å²) in [6.45, 7) is 8.63. The van der Waals surface area contributed by atoms with E-state index >= 15 is 0 Å². The first kappa shape index (κ1) is 19.4. The zero-order valence-corrected chi connectivity index (χ0v) is 18.0. The highest BCUT2D eigenvalue weighted by Gasteiger charge is 2.53. The number of rotatable bonds is 5. The van der Waals surface area contributed by atoms with Crippen molar-refractivity contribution in [1.82, 2.24) is 24.5 Å². The summed E-state index contributed by atoms with van der Waals surface area (Å²) in [4.78, 5) is 20.5. The molecule has 0 radical (unpaired) electrons. The van der Waals surface area contributed by atoms with Crippen molar-refractivity contribution in [3.05, 3.63) is 17.5 Å². The standard InChI is InChI=1S/C22H35N5O2/c1-17-19(14-24(2)23-17)15-25-9-5-20(6-10-25)27-21(28)26(13-18-3-4-18)16-22(27)7-11-29-12-8-22/h14,18,20H,3-13,15-16H2,1-2H3. The second kappa shape index (κ2) is 7.58. The number of amides is 2. The van der Waals surface area contributed by atoms with Crippen molar-refractivity contribution in [2.75, 3.05) is 39.4 Å². The van der Waals surface area contributed by atoms with E-state index in [9.17, 15) is 4.79 Å². The highest BCUT2D eigenvalue weighted by atomic mass is 16.5. The molecular weight excluding hydrogens is 366 g/mol. The lowest BCUT2D eigenvalue weighted by atomic mass is 9.86. The fraction of sp³-hybridized carbons (Fsp3) is 0.818. The number of likely N-dealkylation sites (tertiary alicyclic amines) is 1. The highest BCUT2D eigenvalue weighted by molar-refractivity contribution is 5.78. The Morgan fingerprint density at radius 1 is 1.17 bits per heavy atom. The summed E-state index contributed by atoms with van der Waals surface area (Å²) in [5, 5.41) is 4.48. The Labute approximate surface area is 174 Å². The van der Waals surface area contributed by atoms with Crippen LogP contribution in [0.2, 0.25) is 0 Å². The molecule has 4 aliphatic rings. The molecule has 7 nitrogen and oxygen atoms in total. The summed E-state index contributed by atoms with van der Waals surface area (Å²) in [5.41, 5.74) is 2.46. The Kier molecular flexibility index (Phi) is 5.06. The van der Waals surface area contributed by atoms with E-state index in [0.717, 1.165) is 83.2 Å². The quantitative estimate of drug-likeness (QED) is 0.760. The number of hydrogen-bond donors (Lipinski definition) is 0. The summed E-state index contributed by atoms with van der Waals surface area (Å²) >= 11 is 0. The van der Waals surface area contributed by atoms with E-state index in [1.165, 1.54) is 18.4 Å². The molecule has 2 amide bonds. The van der Waals surface area contributed by atoms with Crippen molar-refractivity contribution >= 4 is 6.03 Å². The third-order valence-electron chi connectivity index (χ3n) is 7.50. The Balaban J connectivity index is 1.26. The molecule has 1 aromatic heterocycles. The minimum absolute atomic E-state index is 0.0109. The van der Waals surface area contributed by atoms with E-state index in [0.29, 0.717) is 12.1 Å². The molecule has 3 aliphatic heterocycles. The van der Waals surface area contributed by atoms with Crippen molar-refractivity contribution in [2.45, 2.75) is 63.6 Å². The third kappa shape index (κ3) is 3.79. The molecule has 4 heterocycles. The number of aryl methyl sites for hydroxylation is 2. The van der Waals surface area contributed by atoms with E-state index in [4.69, 9.17) is 4.74 Å². The predicted octanol–water partition coefficient (Wildman–Crippen LogP) is 2.39. The van der Waals surface area contributed by atoms with Crippen LogP contribution in [0.4, 0.5) is 4.79 Å². The number of hydrogen-bond acceptors (Lipinski definition) is 4. The number of nitrogens with zero attached hydrogens (tertiary/aromatic N) is 5. The zero-order valence-electron chi connectivity index (χ0n) is 18.0. The van der Waals surface area contributed by atoms with Gasteiger partial charge in [-0.3, -0.25) is 9.58 Å². The van der Waals surface area contributed by atoms with Crippen LogP contribution in [0.1, 0.15) is 49.8 Å². The molecule has 0 bridgehead atoms. The molecule has 160 valence electrons. The normalized spacial score (nSPS) is 26.1. The number of piperidine rings is 1. The topological polar surface area (TPSA) is 53.8 Å². The van der Waals surface area contributed by atoms with Crippen molar-refractivity contribution < 1.29 is 9.53 Å². The van der Waals surface area contributed by atoms with Crippen LogP contribution in [-0.2, 0) is 18.3 Å². The summed E-state index contributed by atoms with van der Waals surface area (Å²) < 4.78 is 7.59. The molecule has 0 atom stereocenters. The van der Waals surface area contributed by atoms with Gasteiger partial charge in [0.05, 0.1) is 11.2 Å². The first-order valence-corrected chi connectivity index (χ1v) is 11.4. The second-order valence-electron chi connectivity index (χ2n) is 9.73. The summed E-state index contributed by atoms with van der Waals surface area (Å²) in [6, 6.07) is 0.677. The Morgan fingerprint density at radius 3 is 2.52 bits per heavy atom. The van der Waals surface area contributed by atoms with Gasteiger partial charge in [-0.2, -0.15) is 5.10 Å². The van der Waals surface area contributed by atoms with Gasteiger partial charge in [-0.1, -0.05) is 0 Å². The van der Waals surface area contributed by atoms with E-state index in [-0.39, 0.29) is 5.54 Å². The lowest BCUT2D eigenvalue weighted by molar-refractivity contribution is -0.0167. The van der Waals surface area contributed by atoms with Gasteiger partial charge in [0.2, 0.25) is 0 Å². The van der Waals surface area contributed by atoms with E-state index < -0.39 is 0 Å². The molecule has 29 heavy (non-hydrogen) atoms. The third-order valence-corrected chi connectivity index (χ3v) is 7.50. The SMILES string of the molecule is Cc1nn(C)cc1CN1CCC(N2C(=O)N(CC3CC3)CC23CCOCC3)CC1. The Morgan fingerprint density at radius 2 is 1.90 bits per heavy atom. The lowest BCUT2D eigenvalue weighted by Gasteiger charge is -2.46. The molecule has 3 saturated heterocycles. The number of ether oxygens (including phenoxy) is 1. The molecular formula is C22H35N5O2. The first-order valence-electron chi connectivity index (χ1n) is 11.4. The summed E-state index contributed by atoms with van der Waals surface area (Å²) in [6.07, 6.45) is 8.87. The lowest BCUT2D eigenvalue weighted by Crippen LogP contribution is -2.57. The molecule has 4 fully saturated rings. The molecule has 0 aromatic carbocycles. The second-order valence-corrected chi connectivity index (χ2v) is 9.73. The molecule has 1 saturated carbocycles. The minimum atomic E-state index is 0.0109. The van der Waals surface area contributed by atoms with Crippen LogP contribution in [-0.4, -0.2) is 81.5 Å². The predicted molar refractivity (Wildman–Crippen MR) is 111 cm³/mol. The maximum absolute atomic E-state index is 13.4. The van der Waals surface area contributed by atoms with Crippen molar-refractivity contribution in [3.8, 4) is 0 Å². The Hall–Kier alpha value is -1.60. The monoisotopic (exact) mass is 401 g/mol. The number of carbonyl (C=O) groups excluding carboxylic acids is 1. The fourth-order valence-corrected chi connectivity index (χ4v) is 5.68. The maximum atomic E-state index is 13.4. The van der Waals surface area contributed by atoms with Crippen LogP contribution < -0.4 is 0 Å². The van der Waals surface area contributed by atoms with Crippen LogP contribution >= 0.6 is 0 Å². The average Bonchev–Trinajstić information content (AvgIpc) is 3.41.